The van der Waals surface area contributed by atoms with Crippen LogP contribution in [0.2, 0.25) is 0 Å². The molecule has 2 rings (SSSR count). The van der Waals surface area contributed by atoms with Crippen LogP contribution in [0.5, 0.6) is 0 Å². The Bertz CT molecular complexity index is 884. The number of rotatable bonds is 16. The van der Waals surface area contributed by atoms with E-state index in [1.54, 1.807) is 33.3 Å². The zero-order valence-corrected chi connectivity index (χ0v) is 25.3. The molecule has 0 unspecified atom stereocenters. The highest BCUT2D eigenvalue weighted by atomic mass is 33.1. The van der Waals surface area contributed by atoms with Gasteiger partial charge in [-0.1, -0.05) is 79.3 Å². The predicted molar refractivity (Wildman–Crippen MR) is 160 cm³/mol. The molecule has 1 heterocycles. The van der Waals surface area contributed by atoms with Gasteiger partial charge in [-0.3, -0.25) is 4.79 Å². The first-order chi connectivity index (χ1) is 18.0. The van der Waals surface area contributed by atoms with Gasteiger partial charge >= 0.3 is 5.97 Å². The van der Waals surface area contributed by atoms with Gasteiger partial charge in [-0.25, -0.2) is 4.79 Å². The van der Waals surface area contributed by atoms with Gasteiger partial charge in [-0.15, -0.1) is 0 Å². The van der Waals surface area contributed by atoms with E-state index in [4.69, 9.17) is 15.2 Å². The summed E-state index contributed by atoms with van der Waals surface area (Å²) in [5.41, 5.74) is 7.60. The molecule has 1 fully saturated rings. The topological polar surface area (TPSA) is 123 Å². The lowest BCUT2D eigenvalue weighted by molar-refractivity contribution is -0.142. The molecule has 8 nitrogen and oxygen atoms in total. The van der Waals surface area contributed by atoms with E-state index < -0.39 is 24.2 Å². The molecule has 11 heteroatoms. The number of carbonyl (C=O) groups is 2. The Morgan fingerprint density at radius 1 is 1.26 bits per heavy atom. The quantitative estimate of drug-likeness (QED) is 0.211. The molecular formula is C27H43N3O5S3. The van der Waals surface area contributed by atoms with Crippen molar-refractivity contribution in [3.63, 3.8) is 0 Å². The zero-order valence-electron chi connectivity index (χ0n) is 22.8. The number of ether oxygens (including phenoxy) is 2. The van der Waals surface area contributed by atoms with Crippen molar-refractivity contribution in [3.8, 4) is 0 Å². The van der Waals surface area contributed by atoms with Crippen LogP contribution in [-0.2, 0) is 25.7 Å². The average Bonchev–Trinajstić information content (AvgIpc) is 2.88. The number of thioether (sulfide) groups is 1. The predicted octanol–water partition coefficient (Wildman–Crippen LogP) is 4.05. The Kier molecular flexibility index (Phi) is 14.4. The minimum Gasteiger partial charge on any atom is -0.480 e. The maximum absolute atomic E-state index is 12.6. The van der Waals surface area contributed by atoms with Crippen LogP contribution in [0.25, 0.3) is 0 Å². The van der Waals surface area contributed by atoms with E-state index in [1.165, 1.54) is 0 Å². The van der Waals surface area contributed by atoms with E-state index >= 15 is 0 Å². The summed E-state index contributed by atoms with van der Waals surface area (Å²) in [6.07, 6.45) is 2.65. The molecule has 0 aliphatic carbocycles. The Morgan fingerprint density at radius 2 is 1.97 bits per heavy atom. The number of aliphatic carboxylic acids is 1. The molecule has 5 N–H and O–H groups in total. The lowest BCUT2D eigenvalue weighted by Gasteiger charge is -2.38. The van der Waals surface area contributed by atoms with Gasteiger partial charge in [0.2, 0.25) is 5.91 Å². The Hall–Kier alpha value is -1.37. The van der Waals surface area contributed by atoms with Crippen LogP contribution in [0, 0.1) is 0 Å². The molecule has 1 aliphatic rings. The Labute approximate surface area is 239 Å². The summed E-state index contributed by atoms with van der Waals surface area (Å²) in [6, 6.07) is 8.48. The van der Waals surface area contributed by atoms with E-state index in [0.717, 1.165) is 5.56 Å². The second-order valence-electron chi connectivity index (χ2n) is 10.3. The van der Waals surface area contributed by atoms with Crippen molar-refractivity contribution < 1.29 is 24.2 Å². The van der Waals surface area contributed by atoms with Crippen LogP contribution in [0.4, 0.5) is 0 Å². The smallest absolute Gasteiger partial charge is 0.326 e. The lowest BCUT2D eigenvalue weighted by atomic mass is 9.98. The minimum absolute atomic E-state index is 0.0936. The SMILES string of the molecule is C=C(N[C@@H](CCSC)C(=O)O)[C@H]1O[C@@H](CNC(=O)[C@@H](N)CSSC(C)(C)C)CC[C@@H]1OCc1ccccc1. The number of hydrogen-bond donors (Lipinski definition) is 4. The molecule has 1 aliphatic heterocycles. The van der Waals surface area contributed by atoms with Gasteiger partial charge < -0.3 is 30.9 Å². The second-order valence-corrected chi connectivity index (χ2v) is 14.4. The van der Waals surface area contributed by atoms with E-state index in [1.807, 2.05) is 36.6 Å². The van der Waals surface area contributed by atoms with Gasteiger partial charge in [0.1, 0.15) is 12.1 Å². The monoisotopic (exact) mass is 585 g/mol. The summed E-state index contributed by atoms with van der Waals surface area (Å²) >= 11 is 1.59. The Morgan fingerprint density at radius 3 is 2.61 bits per heavy atom. The fraction of sp³-hybridized carbons (Fsp3) is 0.630. The number of nitrogens with two attached hydrogens (primary N) is 1. The number of nitrogens with one attached hydrogen (secondary N) is 2. The fourth-order valence-electron chi connectivity index (χ4n) is 3.77. The molecule has 0 aromatic heterocycles. The molecule has 0 spiro atoms. The van der Waals surface area contributed by atoms with Crippen LogP contribution in [0.15, 0.2) is 42.6 Å². The first kappa shape index (κ1) is 32.8. The number of benzene rings is 1. The molecule has 1 aromatic rings. The van der Waals surface area contributed by atoms with Crippen molar-refractivity contribution in [2.24, 2.45) is 5.73 Å². The van der Waals surface area contributed by atoms with Crippen molar-refractivity contribution in [1.82, 2.24) is 10.6 Å². The van der Waals surface area contributed by atoms with Crippen molar-refractivity contribution in [2.75, 3.05) is 24.3 Å². The van der Waals surface area contributed by atoms with Crippen LogP contribution in [0.1, 0.15) is 45.6 Å². The third-order valence-electron chi connectivity index (χ3n) is 5.77. The van der Waals surface area contributed by atoms with Gasteiger partial charge in [0.05, 0.1) is 24.9 Å². The van der Waals surface area contributed by atoms with E-state index in [9.17, 15) is 14.7 Å². The highest BCUT2D eigenvalue weighted by molar-refractivity contribution is 8.77. The number of carbonyl (C=O) groups excluding carboxylic acids is 1. The van der Waals surface area contributed by atoms with Gasteiger partial charge in [-0.2, -0.15) is 11.8 Å². The third kappa shape index (κ3) is 12.2. The molecule has 0 saturated carbocycles. The van der Waals surface area contributed by atoms with Crippen molar-refractivity contribution >= 4 is 45.2 Å². The molecule has 5 atom stereocenters. The number of amides is 1. The fourth-order valence-corrected chi connectivity index (χ4v) is 6.67. The van der Waals surface area contributed by atoms with Crippen molar-refractivity contribution in [3.05, 3.63) is 48.2 Å². The second kappa shape index (κ2) is 16.7. The zero-order chi connectivity index (χ0) is 28.1. The van der Waals surface area contributed by atoms with Gasteiger partial charge in [0.15, 0.2) is 0 Å². The van der Waals surface area contributed by atoms with Crippen LogP contribution >= 0.6 is 33.3 Å². The summed E-state index contributed by atoms with van der Waals surface area (Å²) in [6.45, 7) is 11.2. The van der Waals surface area contributed by atoms with E-state index in [2.05, 4.69) is 38.0 Å². The van der Waals surface area contributed by atoms with Crippen molar-refractivity contribution in [1.29, 1.82) is 0 Å². The maximum Gasteiger partial charge on any atom is 0.326 e. The average molecular weight is 586 g/mol. The molecule has 0 radical (unpaired) electrons. The summed E-state index contributed by atoms with van der Waals surface area (Å²) in [5, 5.41) is 15.7. The summed E-state index contributed by atoms with van der Waals surface area (Å²) in [4.78, 5) is 24.4. The van der Waals surface area contributed by atoms with Gasteiger partial charge in [0.25, 0.3) is 0 Å². The van der Waals surface area contributed by atoms with Crippen LogP contribution in [0.3, 0.4) is 0 Å². The molecule has 0 bridgehead atoms. The lowest BCUT2D eigenvalue weighted by Crippen LogP contribution is -2.51. The minimum atomic E-state index is -0.932. The number of hydrogen-bond acceptors (Lipinski definition) is 9. The molecule has 1 amide bonds. The van der Waals surface area contributed by atoms with Crippen LogP contribution in [-0.4, -0.2) is 76.4 Å². The third-order valence-corrected chi connectivity index (χ3v) is 9.78. The maximum atomic E-state index is 12.6. The van der Waals surface area contributed by atoms with Gasteiger partial charge in [0, 0.05) is 22.7 Å². The molecule has 214 valence electrons. The largest absolute Gasteiger partial charge is 0.480 e. The molecule has 1 saturated heterocycles. The normalized spacial score (nSPS) is 21.3. The molecule has 1 aromatic carbocycles. The summed E-state index contributed by atoms with van der Waals surface area (Å²) in [5.74, 6) is 0.0793. The molecular weight excluding hydrogens is 543 g/mol. The van der Waals surface area contributed by atoms with E-state index in [0.29, 0.717) is 49.6 Å². The van der Waals surface area contributed by atoms with E-state index in [-0.39, 0.29) is 22.9 Å². The summed E-state index contributed by atoms with van der Waals surface area (Å²) < 4.78 is 12.7. The highest BCUT2D eigenvalue weighted by Gasteiger charge is 2.35. The van der Waals surface area contributed by atoms with Gasteiger partial charge in [-0.05, 0) is 36.8 Å². The number of carboxylic acids is 1. The first-order valence-electron chi connectivity index (χ1n) is 12.8. The number of carboxylic acid groups (broad SMARTS) is 1. The first-order valence-corrected chi connectivity index (χ1v) is 16.5. The summed E-state index contributed by atoms with van der Waals surface area (Å²) in [7, 11) is 3.30. The van der Waals surface area contributed by atoms with Crippen LogP contribution < -0.4 is 16.4 Å². The molecule has 38 heavy (non-hydrogen) atoms. The standard InChI is InChI=1S/C27H43N3O5S3/c1-18(30-22(26(32)33)13-14-36-5)24-23(34-16-19-9-7-6-8-10-19)12-11-20(35-24)15-29-25(31)21(28)17-37-38-27(2,3)4/h6-10,20-24,30H,1,11-17,28H2,2-5H3,(H,29,31)(H,32,33)/t20-,21+,22+,23+,24-/m1/s1. The van der Waals surface area contributed by atoms with Crippen molar-refractivity contribution in [2.45, 2.75) is 81.8 Å². The Balaban J connectivity index is 1.98. The highest BCUT2D eigenvalue weighted by Crippen LogP contribution is 2.35.